The summed E-state index contributed by atoms with van der Waals surface area (Å²) in [5.41, 5.74) is 2.83. The highest BCUT2D eigenvalue weighted by Gasteiger charge is 2.19. The van der Waals surface area contributed by atoms with Crippen LogP contribution in [0.3, 0.4) is 0 Å². The van der Waals surface area contributed by atoms with Crippen LogP contribution >= 0.6 is 11.6 Å². The number of anilines is 2. The van der Waals surface area contributed by atoms with Crippen molar-refractivity contribution in [2.75, 3.05) is 22.5 Å². The molecule has 38 heavy (non-hydrogen) atoms. The topological polar surface area (TPSA) is 84.9 Å². The third kappa shape index (κ3) is 7.74. The molecule has 1 amide bonds. The third-order valence-electron chi connectivity index (χ3n) is 5.55. The van der Waals surface area contributed by atoms with Crippen LogP contribution in [0.5, 0.6) is 11.5 Å². The van der Waals surface area contributed by atoms with Crippen LogP contribution in [0, 0.1) is 0 Å². The molecule has 0 spiro atoms. The second kappa shape index (κ2) is 12.5. The third-order valence-corrected chi connectivity index (χ3v) is 7.06. The summed E-state index contributed by atoms with van der Waals surface area (Å²) in [5, 5.41) is 3.26. The van der Waals surface area contributed by atoms with Crippen LogP contribution in [-0.4, -0.2) is 27.2 Å². The van der Waals surface area contributed by atoms with Gasteiger partial charge in [-0.25, -0.2) is 8.42 Å². The normalized spacial score (nSPS) is 11.0. The number of hydrogen-bond donors (Lipinski definition) is 1. The zero-order valence-electron chi connectivity index (χ0n) is 20.7. The molecule has 0 saturated heterocycles. The van der Waals surface area contributed by atoms with Gasteiger partial charge in [0, 0.05) is 10.7 Å². The lowest BCUT2D eigenvalue weighted by Crippen LogP contribution is -2.29. The quantitative estimate of drug-likeness (QED) is 0.251. The first-order valence-corrected chi connectivity index (χ1v) is 14.0. The minimum atomic E-state index is -3.57. The summed E-state index contributed by atoms with van der Waals surface area (Å²) in [6, 6.07) is 30.5. The van der Waals surface area contributed by atoms with Gasteiger partial charge in [0.15, 0.2) is 6.61 Å². The Morgan fingerprint density at radius 3 is 2.08 bits per heavy atom. The van der Waals surface area contributed by atoms with Crippen LogP contribution in [0.25, 0.3) is 0 Å². The average molecular weight is 551 g/mol. The lowest BCUT2D eigenvalue weighted by Gasteiger charge is -2.23. The molecule has 4 aromatic rings. The van der Waals surface area contributed by atoms with E-state index in [0.717, 1.165) is 11.8 Å². The van der Waals surface area contributed by atoms with Crippen LogP contribution in [0.1, 0.15) is 11.1 Å². The second-order valence-corrected chi connectivity index (χ2v) is 10.8. The van der Waals surface area contributed by atoms with Crippen molar-refractivity contribution < 1.29 is 22.7 Å². The molecule has 0 saturated carbocycles. The monoisotopic (exact) mass is 550 g/mol. The molecule has 0 heterocycles. The van der Waals surface area contributed by atoms with Gasteiger partial charge in [-0.05, 0) is 65.7 Å². The van der Waals surface area contributed by atoms with E-state index in [-0.39, 0.29) is 19.1 Å². The molecule has 4 rings (SSSR count). The highest BCUT2D eigenvalue weighted by Crippen LogP contribution is 2.26. The molecule has 0 unspecified atom stereocenters. The SMILES string of the molecule is CS(=O)(=O)N(Cc1ccccc1Cl)c1ccc(OCC(=O)Nc2ccc(OCc3ccccc3)cc2)cc1. The van der Waals surface area contributed by atoms with Gasteiger partial charge in [0.2, 0.25) is 10.0 Å². The van der Waals surface area contributed by atoms with Gasteiger partial charge in [-0.1, -0.05) is 60.1 Å². The number of nitrogens with zero attached hydrogens (tertiary/aromatic N) is 1. The van der Waals surface area contributed by atoms with Gasteiger partial charge in [-0.15, -0.1) is 0 Å². The van der Waals surface area contributed by atoms with Crippen molar-refractivity contribution in [3.05, 3.63) is 119 Å². The number of nitrogens with one attached hydrogen (secondary N) is 1. The minimum absolute atomic E-state index is 0.0944. The molecule has 9 heteroatoms. The van der Waals surface area contributed by atoms with E-state index in [2.05, 4.69) is 5.32 Å². The van der Waals surface area contributed by atoms with E-state index in [9.17, 15) is 13.2 Å². The predicted molar refractivity (Wildman–Crippen MR) is 150 cm³/mol. The first-order chi connectivity index (χ1) is 18.3. The zero-order valence-corrected chi connectivity index (χ0v) is 22.3. The Morgan fingerprint density at radius 1 is 0.816 bits per heavy atom. The van der Waals surface area contributed by atoms with Crippen LogP contribution in [0.15, 0.2) is 103 Å². The number of benzene rings is 4. The highest BCUT2D eigenvalue weighted by molar-refractivity contribution is 7.92. The van der Waals surface area contributed by atoms with Gasteiger partial charge < -0.3 is 14.8 Å². The van der Waals surface area contributed by atoms with Gasteiger partial charge in [0.05, 0.1) is 18.5 Å². The summed E-state index contributed by atoms with van der Waals surface area (Å²) >= 11 is 6.22. The Kier molecular flexibility index (Phi) is 8.89. The lowest BCUT2D eigenvalue weighted by molar-refractivity contribution is -0.118. The Hall–Kier alpha value is -4.01. The van der Waals surface area contributed by atoms with Gasteiger partial charge in [0.25, 0.3) is 5.91 Å². The van der Waals surface area contributed by atoms with E-state index in [1.165, 1.54) is 4.31 Å². The fourth-order valence-corrected chi connectivity index (χ4v) is 4.69. The maximum Gasteiger partial charge on any atom is 0.262 e. The zero-order chi connectivity index (χ0) is 27.0. The molecule has 0 fully saturated rings. The van der Waals surface area contributed by atoms with Crippen molar-refractivity contribution in [3.8, 4) is 11.5 Å². The number of halogens is 1. The number of amides is 1. The molecule has 0 aliphatic carbocycles. The summed E-state index contributed by atoms with van der Waals surface area (Å²) in [5.74, 6) is 0.795. The molecule has 0 aromatic heterocycles. The molecule has 0 bridgehead atoms. The standard InChI is InChI=1S/C29H27ClN2O5S/c1-38(34,35)32(19-23-9-5-6-10-28(23)30)25-13-17-27(18-14-25)37-21-29(33)31-24-11-15-26(16-12-24)36-20-22-7-3-2-4-8-22/h2-18H,19-21H2,1H3,(H,31,33). The van der Waals surface area contributed by atoms with Crippen molar-refractivity contribution in [1.82, 2.24) is 0 Å². The fraction of sp³-hybridized carbons (Fsp3) is 0.138. The van der Waals surface area contributed by atoms with E-state index >= 15 is 0 Å². The largest absolute Gasteiger partial charge is 0.489 e. The fourth-order valence-electron chi connectivity index (χ4n) is 3.61. The smallest absolute Gasteiger partial charge is 0.262 e. The van der Waals surface area contributed by atoms with E-state index in [1.54, 1.807) is 72.8 Å². The molecule has 196 valence electrons. The first kappa shape index (κ1) is 27.0. The molecule has 1 N–H and O–H groups in total. The van der Waals surface area contributed by atoms with E-state index in [0.29, 0.717) is 40.1 Å². The van der Waals surface area contributed by atoms with E-state index in [4.69, 9.17) is 21.1 Å². The molecular formula is C29H27ClN2O5S. The second-order valence-electron chi connectivity index (χ2n) is 8.49. The maximum atomic E-state index is 12.4. The Labute approximate surface area is 227 Å². The van der Waals surface area contributed by atoms with Crippen LogP contribution < -0.4 is 19.1 Å². The number of carbonyl (C=O) groups is 1. The molecule has 7 nitrogen and oxygen atoms in total. The van der Waals surface area contributed by atoms with Crippen molar-refractivity contribution in [2.45, 2.75) is 13.2 Å². The maximum absolute atomic E-state index is 12.4. The number of carbonyl (C=O) groups excluding carboxylic acids is 1. The Bertz CT molecular complexity index is 1460. The molecule has 0 aliphatic rings. The summed E-state index contributed by atoms with van der Waals surface area (Å²) < 4.78 is 37.5. The van der Waals surface area contributed by atoms with Crippen molar-refractivity contribution in [3.63, 3.8) is 0 Å². The number of ether oxygens (including phenoxy) is 2. The van der Waals surface area contributed by atoms with Crippen molar-refractivity contribution >= 4 is 38.9 Å². The summed E-state index contributed by atoms with van der Waals surface area (Å²) in [6.45, 7) is 0.347. The van der Waals surface area contributed by atoms with Crippen LogP contribution in [0.2, 0.25) is 5.02 Å². The van der Waals surface area contributed by atoms with Gasteiger partial charge >= 0.3 is 0 Å². The first-order valence-electron chi connectivity index (χ1n) is 11.8. The Balaban J connectivity index is 1.29. The lowest BCUT2D eigenvalue weighted by atomic mass is 10.2. The minimum Gasteiger partial charge on any atom is -0.489 e. The van der Waals surface area contributed by atoms with Gasteiger partial charge in [0.1, 0.15) is 18.1 Å². The van der Waals surface area contributed by atoms with Gasteiger partial charge in [-0.3, -0.25) is 9.10 Å². The number of sulfonamides is 1. The summed E-state index contributed by atoms with van der Waals surface area (Å²) in [7, 11) is -3.57. The predicted octanol–water partition coefficient (Wildman–Crippen LogP) is 5.90. The Morgan fingerprint density at radius 2 is 1.42 bits per heavy atom. The molecule has 0 radical (unpaired) electrons. The highest BCUT2D eigenvalue weighted by atomic mass is 35.5. The van der Waals surface area contributed by atoms with E-state index in [1.807, 2.05) is 30.3 Å². The number of hydrogen-bond acceptors (Lipinski definition) is 5. The van der Waals surface area contributed by atoms with Crippen LogP contribution in [-0.2, 0) is 28.0 Å². The number of rotatable bonds is 11. The molecular weight excluding hydrogens is 524 g/mol. The van der Waals surface area contributed by atoms with Gasteiger partial charge in [-0.2, -0.15) is 0 Å². The van der Waals surface area contributed by atoms with Crippen molar-refractivity contribution in [1.29, 1.82) is 0 Å². The molecule has 4 aromatic carbocycles. The summed E-state index contributed by atoms with van der Waals surface area (Å²) in [4.78, 5) is 12.4. The summed E-state index contributed by atoms with van der Waals surface area (Å²) in [6.07, 6.45) is 1.14. The molecule has 0 atom stereocenters. The van der Waals surface area contributed by atoms with Crippen LogP contribution in [0.4, 0.5) is 11.4 Å². The average Bonchev–Trinajstić information content (AvgIpc) is 2.91. The van der Waals surface area contributed by atoms with Crippen molar-refractivity contribution in [2.24, 2.45) is 0 Å². The molecule has 0 aliphatic heterocycles. The van der Waals surface area contributed by atoms with E-state index < -0.39 is 10.0 Å².